The highest BCUT2D eigenvalue weighted by atomic mass is 35.5. The van der Waals surface area contributed by atoms with E-state index >= 15 is 0 Å². The first kappa shape index (κ1) is 10.5. The molecule has 6 heteroatoms. The Hall–Kier alpha value is -0.970. The van der Waals surface area contributed by atoms with Crippen LogP contribution in [0.4, 0.5) is 8.78 Å². The van der Waals surface area contributed by atoms with Crippen LogP contribution in [0.3, 0.4) is 0 Å². The minimum atomic E-state index is -2.57. The predicted molar refractivity (Wildman–Crippen MR) is 50.5 cm³/mol. The van der Waals surface area contributed by atoms with Gasteiger partial charge in [-0.05, 0) is 0 Å². The lowest BCUT2D eigenvalue weighted by molar-refractivity contribution is -0.0880. The number of nitrogens with zero attached hydrogens (tertiary/aromatic N) is 2. The second-order valence-electron chi connectivity index (χ2n) is 3.58. The zero-order chi connectivity index (χ0) is 11.1. The third-order valence-electron chi connectivity index (χ3n) is 2.45. The number of rotatable bonds is 2. The van der Waals surface area contributed by atoms with Gasteiger partial charge in [0, 0.05) is 24.8 Å². The van der Waals surface area contributed by atoms with Crippen LogP contribution in [0.25, 0.3) is 0 Å². The van der Waals surface area contributed by atoms with Crippen molar-refractivity contribution in [3.63, 3.8) is 0 Å². The van der Waals surface area contributed by atoms with Crippen LogP contribution in [-0.2, 0) is 0 Å². The number of hydrogen-bond acceptors (Lipinski definition) is 3. The molecule has 0 spiro atoms. The third kappa shape index (κ3) is 2.02. The van der Waals surface area contributed by atoms with Gasteiger partial charge in [-0.15, -0.1) is 10.2 Å². The first-order valence-corrected chi connectivity index (χ1v) is 4.84. The summed E-state index contributed by atoms with van der Waals surface area (Å²) >= 11 is 5.62. The van der Waals surface area contributed by atoms with Crippen LogP contribution < -0.4 is 4.74 Å². The van der Waals surface area contributed by atoms with Gasteiger partial charge in [-0.1, -0.05) is 11.6 Å². The molecule has 1 aromatic rings. The molecule has 0 amide bonds. The highest BCUT2D eigenvalue weighted by molar-refractivity contribution is 6.29. The number of halogens is 3. The van der Waals surface area contributed by atoms with Crippen molar-refractivity contribution in [1.29, 1.82) is 0 Å². The van der Waals surface area contributed by atoms with Crippen molar-refractivity contribution >= 4 is 11.6 Å². The van der Waals surface area contributed by atoms with Gasteiger partial charge in [-0.25, -0.2) is 8.78 Å². The summed E-state index contributed by atoms with van der Waals surface area (Å²) in [5.74, 6) is -2.42. The van der Waals surface area contributed by atoms with Gasteiger partial charge >= 0.3 is 0 Å². The quantitative estimate of drug-likeness (QED) is 0.789. The fourth-order valence-corrected chi connectivity index (χ4v) is 1.80. The van der Waals surface area contributed by atoms with Crippen molar-refractivity contribution < 1.29 is 13.5 Å². The zero-order valence-electron chi connectivity index (χ0n) is 8.01. The van der Waals surface area contributed by atoms with E-state index in [1.165, 1.54) is 13.2 Å². The van der Waals surface area contributed by atoms with Crippen molar-refractivity contribution in [3.05, 3.63) is 16.9 Å². The van der Waals surface area contributed by atoms with Crippen LogP contribution in [0.5, 0.6) is 5.75 Å². The van der Waals surface area contributed by atoms with Gasteiger partial charge < -0.3 is 4.74 Å². The molecule has 3 nitrogen and oxygen atoms in total. The van der Waals surface area contributed by atoms with E-state index in [1.807, 2.05) is 0 Å². The Balaban J connectivity index is 2.22. The topological polar surface area (TPSA) is 35.0 Å². The van der Waals surface area contributed by atoms with Crippen LogP contribution in [0, 0.1) is 0 Å². The molecule has 0 N–H and O–H groups in total. The highest BCUT2D eigenvalue weighted by Crippen LogP contribution is 2.49. The van der Waals surface area contributed by atoms with Crippen LogP contribution in [-0.4, -0.2) is 23.2 Å². The van der Waals surface area contributed by atoms with Crippen molar-refractivity contribution in [2.45, 2.75) is 24.7 Å². The molecule has 15 heavy (non-hydrogen) atoms. The van der Waals surface area contributed by atoms with Crippen LogP contribution >= 0.6 is 11.6 Å². The SMILES string of the molecule is COc1cc(Cl)nnc1C1CC(F)(F)C1. The predicted octanol–water partition coefficient (Wildman–Crippen LogP) is 2.65. The summed E-state index contributed by atoms with van der Waals surface area (Å²) in [5.41, 5.74) is 0.466. The molecular formula is C9H9ClF2N2O. The lowest BCUT2D eigenvalue weighted by Crippen LogP contribution is -2.34. The summed E-state index contributed by atoms with van der Waals surface area (Å²) in [6.07, 6.45) is -0.390. The number of hydrogen-bond donors (Lipinski definition) is 0. The minimum Gasteiger partial charge on any atom is -0.495 e. The Morgan fingerprint density at radius 3 is 2.67 bits per heavy atom. The third-order valence-corrected chi connectivity index (χ3v) is 2.64. The molecule has 0 bridgehead atoms. The molecular weight excluding hydrogens is 226 g/mol. The normalized spacial score (nSPS) is 19.7. The molecule has 1 fully saturated rings. The van der Waals surface area contributed by atoms with E-state index in [0.717, 1.165) is 0 Å². The Labute approximate surface area is 90.4 Å². The monoisotopic (exact) mass is 234 g/mol. The largest absolute Gasteiger partial charge is 0.495 e. The fraction of sp³-hybridized carbons (Fsp3) is 0.556. The summed E-state index contributed by atoms with van der Waals surface area (Å²) in [7, 11) is 1.45. The molecule has 0 aliphatic heterocycles. The fourth-order valence-electron chi connectivity index (χ4n) is 1.66. The Bertz CT molecular complexity index is 378. The molecule has 1 heterocycles. The van der Waals surface area contributed by atoms with Gasteiger partial charge in [0.1, 0.15) is 11.4 Å². The van der Waals surface area contributed by atoms with E-state index < -0.39 is 5.92 Å². The summed E-state index contributed by atoms with van der Waals surface area (Å²) in [4.78, 5) is 0. The Kier molecular flexibility index (Phi) is 2.50. The van der Waals surface area contributed by atoms with Crippen LogP contribution in [0.2, 0.25) is 5.15 Å². The molecule has 82 valence electrons. The first-order valence-electron chi connectivity index (χ1n) is 4.47. The molecule has 1 aliphatic carbocycles. The molecule has 1 aliphatic rings. The van der Waals surface area contributed by atoms with Crippen molar-refractivity contribution in [1.82, 2.24) is 10.2 Å². The summed E-state index contributed by atoms with van der Waals surface area (Å²) in [6, 6.07) is 1.49. The Morgan fingerprint density at radius 2 is 2.13 bits per heavy atom. The highest BCUT2D eigenvalue weighted by Gasteiger charge is 2.47. The molecule has 2 rings (SSSR count). The molecule has 0 aromatic carbocycles. The van der Waals surface area contributed by atoms with Gasteiger partial charge in [-0.2, -0.15) is 0 Å². The average molecular weight is 235 g/mol. The molecule has 0 atom stereocenters. The summed E-state index contributed by atoms with van der Waals surface area (Å²) in [5, 5.41) is 7.62. The first-order chi connectivity index (χ1) is 7.02. The maximum absolute atomic E-state index is 12.7. The number of aromatic nitrogens is 2. The van der Waals surface area contributed by atoms with Gasteiger partial charge in [0.2, 0.25) is 5.92 Å². The number of methoxy groups -OCH3 is 1. The maximum atomic E-state index is 12.7. The lowest BCUT2D eigenvalue weighted by atomic mass is 9.79. The summed E-state index contributed by atoms with van der Waals surface area (Å²) in [6.45, 7) is 0. The van der Waals surface area contributed by atoms with E-state index in [0.29, 0.717) is 11.4 Å². The van der Waals surface area contributed by atoms with E-state index in [1.54, 1.807) is 0 Å². The van der Waals surface area contributed by atoms with E-state index in [-0.39, 0.29) is 23.9 Å². The molecule has 1 saturated carbocycles. The number of alkyl halides is 2. The molecule has 0 saturated heterocycles. The standard InChI is InChI=1S/C9H9ClF2N2O/c1-15-6-2-7(10)13-14-8(6)5-3-9(11,12)4-5/h2,5H,3-4H2,1H3. The number of ether oxygens (including phenoxy) is 1. The van der Waals surface area contributed by atoms with Crippen molar-refractivity contribution in [3.8, 4) is 5.75 Å². The molecule has 0 unspecified atom stereocenters. The van der Waals surface area contributed by atoms with Crippen molar-refractivity contribution in [2.24, 2.45) is 0 Å². The second kappa shape index (κ2) is 3.56. The smallest absolute Gasteiger partial charge is 0.249 e. The Morgan fingerprint density at radius 1 is 1.47 bits per heavy atom. The zero-order valence-corrected chi connectivity index (χ0v) is 8.76. The second-order valence-corrected chi connectivity index (χ2v) is 3.97. The van der Waals surface area contributed by atoms with Crippen LogP contribution in [0.15, 0.2) is 6.07 Å². The van der Waals surface area contributed by atoms with Gasteiger partial charge in [0.05, 0.1) is 7.11 Å². The van der Waals surface area contributed by atoms with Crippen molar-refractivity contribution in [2.75, 3.05) is 7.11 Å². The average Bonchev–Trinajstić information content (AvgIpc) is 2.14. The van der Waals surface area contributed by atoms with E-state index in [9.17, 15) is 8.78 Å². The van der Waals surface area contributed by atoms with E-state index in [4.69, 9.17) is 16.3 Å². The molecule has 1 aromatic heterocycles. The van der Waals surface area contributed by atoms with Crippen LogP contribution in [0.1, 0.15) is 24.5 Å². The maximum Gasteiger partial charge on any atom is 0.249 e. The van der Waals surface area contributed by atoms with Gasteiger partial charge in [0.15, 0.2) is 5.15 Å². The van der Waals surface area contributed by atoms with Gasteiger partial charge in [0.25, 0.3) is 0 Å². The minimum absolute atomic E-state index is 0.195. The summed E-state index contributed by atoms with van der Waals surface area (Å²) < 4.78 is 30.4. The molecule has 0 radical (unpaired) electrons. The lowest BCUT2D eigenvalue weighted by Gasteiger charge is -2.34. The van der Waals surface area contributed by atoms with Gasteiger partial charge in [-0.3, -0.25) is 0 Å². The van der Waals surface area contributed by atoms with E-state index in [2.05, 4.69) is 10.2 Å².